The Labute approximate surface area is 109 Å². The Hall–Kier alpha value is -1.06. The summed E-state index contributed by atoms with van der Waals surface area (Å²) in [7, 11) is 1.71. The van der Waals surface area contributed by atoms with Crippen LogP contribution in [0.4, 0.5) is 0 Å². The lowest BCUT2D eigenvalue weighted by atomic mass is 10.2. The third-order valence-corrected chi connectivity index (χ3v) is 3.08. The molecule has 1 unspecified atom stereocenters. The van der Waals surface area contributed by atoms with E-state index in [1.165, 1.54) is 12.8 Å². The van der Waals surface area contributed by atoms with Crippen LogP contribution >= 0.6 is 0 Å². The number of methoxy groups -OCH3 is 1. The number of nitrogens with one attached hydrogen (secondary N) is 1. The first kappa shape index (κ1) is 13.4. The van der Waals surface area contributed by atoms with Crippen LogP contribution in [0.25, 0.3) is 0 Å². The zero-order valence-electron chi connectivity index (χ0n) is 11.3. The molecule has 0 aliphatic heterocycles. The zero-order valence-corrected chi connectivity index (χ0v) is 11.3. The fourth-order valence-electron chi connectivity index (χ4n) is 1.84. The van der Waals surface area contributed by atoms with Gasteiger partial charge in [-0.25, -0.2) is 0 Å². The minimum Gasteiger partial charge on any atom is -0.493 e. The van der Waals surface area contributed by atoms with Gasteiger partial charge in [-0.1, -0.05) is 19.1 Å². The van der Waals surface area contributed by atoms with Crippen LogP contribution in [0.3, 0.4) is 0 Å². The van der Waals surface area contributed by atoms with Crippen molar-refractivity contribution in [2.75, 3.05) is 20.3 Å². The predicted molar refractivity (Wildman–Crippen MR) is 72.8 cm³/mol. The molecular weight excluding hydrogens is 226 g/mol. The monoisotopic (exact) mass is 249 g/mol. The smallest absolute Gasteiger partial charge is 0.119 e. The summed E-state index contributed by atoms with van der Waals surface area (Å²) in [6, 6.07) is 8.88. The summed E-state index contributed by atoms with van der Waals surface area (Å²) in [6.07, 6.45) is 2.68. The Balaban J connectivity index is 1.72. The normalized spacial score (nSPS) is 16.6. The molecule has 0 radical (unpaired) electrons. The molecule has 0 saturated heterocycles. The molecule has 1 aromatic carbocycles. The van der Waals surface area contributed by atoms with E-state index >= 15 is 0 Å². The van der Waals surface area contributed by atoms with Crippen molar-refractivity contribution in [1.82, 2.24) is 5.32 Å². The molecule has 1 aliphatic carbocycles. The molecule has 0 heterocycles. The summed E-state index contributed by atoms with van der Waals surface area (Å²) in [4.78, 5) is 0. The van der Waals surface area contributed by atoms with Crippen LogP contribution in [0.1, 0.15) is 25.3 Å². The Kier molecular flexibility index (Phi) is 5.02. The number of hydrogen-bond acceptors (Lipinski definition) is 3. The second kappa shape index (κ2) is 6.76. The molecule has 3 heteroatoms. The molecule has 0 spiro atoms. The summed E-state index contributed by atoms with van der Waals surface area (Å²) in [5, 5.41) is 3.52. The van der Waals surface area contributed by atoms with Crippen LogP contribution in [0, 0.1) is 5.92 Å². The van der Waals surface area contributed by atoms with Crippen LogP contribution in [-0.2, 0) is 11.3 Å². The molecule has 3 nitrogen and oxygen atoms in total. The van der Waals surface area contributed by atoms with Gasteiger partial charge in [0.05, 0.1) is 13.2 Å². The lowest BCUT2D eigenvalue weighted by Gasteiger charge is -2.14. The van der Waals surface area contributed by atoms with Gasteiger partial charge in [-0.15, -0.1) is 0 Å². The quantitative estimate of drug-likeness (QED) is 0.768. The molecule has 1 N–H and O–H groups in total. The first-order valence-electron chi connectivity index (χ1n) is 6.72. The Morgan fingerprint density at radius 3 is 2.94 bits per heavy atom. The fourth-order valence-corrected chi connectivity index (χ4v) is 1.84. The van der Waals surface area contributed by atoms with Crippen molar-refractivity contribution in [3.05, 3.63) is 29.8 Å². The average Bonchev–Trinajstić information content (AvgIpc) is 3.19. The van der Waals surface area contributed by atoms with Crippen LogP contribution in [0.2, 0.25) is 0 Å². The molecule has 18 heavy (non-hydrogen) atoms. The molecule has 100 valence electrons. The van der Waals surface area contributed by atoms with E-state index in [1.54, 1.807) is 7.11 Å². The molecule has 1 saturated carbocycles. The van der Waals surface area contributed by atoms with Crippen LogP contribution in [0.15, 0.2) is 24.3 Å². The fraction of sp³-hybridized carbons (Fsp3) is 0.600. The van der Waals surface area contributed by atoms with Crippen molar-refractivity contribution < 1.29 is 9.47 Å². The highest BCUT2D eigenvalue weighted by Crippen LogP contribution is 2.19. The minimum absolute atomic E-state index is 0.539. The Bertz CT molecular complexity index is 363. The standard InChI is InChI=1S/C15H23NO2/c1-12(9-16-14-6-7-14)10-18-15-5-3-4-13(8-15)11-17-2/h3-5,8,12,14,16H,6-7,9-11H2,1-2H3. The molecule has 1 fully saturated rings. The molecule has 0 bridgehead atoms. The Morgan fingerprint density at radius 1 is 1.39 bits per heavy atom. The van der Waals surface area contributed by atoms with E-state index in [0.717, 1.165) is 30.5 Å². The Morgan fingerprint density at radius 2 is 2.22 bits per heavy atom. The van der Waals surface area contributed by atoms with E-state index in [0.29, 0.717) is 12.5 Å². The molecule has 1 atom stereocenters. The predicted octanol–water partition coefficient (Wildman–Crippen LogP) is 2.60. The van der Waals surface area contributed by atoms with Crippen molar-refractivity contribution in [1.29, 1.82) is 0 Å². The van der Waals surface area contributed by atoms with E-state index in [4.69, 9.17) is 9.47 Å². The lowest BCUT2D eigenvalue weighted by molar-refractivity contribution is 0.184. The van der Waals surface area contributed by atoms with Gasteiger partial charge in [0.15, 0.2) is 0 Å². The second-order valence-corrected chi connectivity index (χ2v) is 5.18. The van der Waals surface area contributed by atoms with Crippen molar-refractivity contribution >= 4 is 0 Å². The van der Waals surface area contributed by atoms with Crippen molar-refractivity contribution in [3.8, 4) is 5.75 Å². The highest BCUT2D eigenvalue weighted by Gasteiger charge is 2.20. The number of rotatable bonds is 8. The maximum absolute atomic E-state index is 5.81. The van der Waals surface area contributed by atoms with Gasteiger partial charge in [0, 0.05) is 25.6 Å². The number of benzene rings is 1. The van der Waals surface area contributed by atoms with Gasteiger partial charge in [-0.2, -0.15) is 0 Å². The van der Waals surface area contributed by atoms with Gasteiger partial charge in [-0.3, -0.25) is 0 Å². The third kappa shape index (κ3) is 4.67. The highest BCUT2D eigenvalue weighted by atomic mass is 16.5. The summed E-state index contributed by atoms with van der Waals surface area (Å²) < 4.78 is 10.9. The van der Waals surface area contributed by atoms with Gasteiger partial charge in [0.25, 0.3) is 0 Å². The first-order chi connectivity index (χ1) is 8.78. The summed E-state index contributed by atoms with van der Waals surface area (Å²) in [6.45, 7) is 4.66. The van der Waals surface area contributed by atoms with E-state index in [1.807, 2.05) is 18.2 Å². The van der Waals surface area contributed by atoms with Gasteiger partial charge in [0.2, 0.25) is 0 Å². The number of ether oxygens (including phenoxy) is 2. The van der Waals surface area contributed by atoms with Crippen LogP contribution in [-0.4, -0.2) is 26.3 Å². The van der Waals surface area contributed by atoms with E-state index in [2.05, 4.69) is 18.3 Å². The van der Waals surface area contributed by atoms with Gasteiger partial charge >= 0.3 is 0 Å². The average molecular weight is 249 g/mol. The molecular formula is C15H23NO2. The first-order valence-corrected chi connectivity index (χ1v) is 6.72. The van der Waals surface area contributed by atoms with E-state index < -0.39 is 0 Å². The maximum atomic E-state index is 5.81. The van der Waals surface area contributed by atoms with Gasteiger partial charge in [0.1, 0.15) is 5.75 Å². The van der Waals surface area contributed by atoms with Gasteiger partial charge in [-0.05, 0) is 30.5 Å². The topological polar surface area (TPSA) is 30.5 Å². The van der Waals surface area contributed by atoms with Crippen LogP contribution < -0.4 is 10.1 Å². The largest absolute Gasteiger partial charge is 0.493 e. The van der Waals surface area contributed by atoms with E-state index in [9.17, 15) is 0 Å². The van der Waals surface area contributed by atoms with E-state index in [-0.39, 0.29) is 0 Å². The van der Waals surface area contributed by atoms with Crippen molar-refractivity contribution in [3.63, 3.8) is 0 Å². The van der Waals surface area contributed by atoms with Gasteiger partial charge < -0.3 is 14.8 Å². The van der Waals surface area contributed by atoms with Crippen molar-refractivity contribution in [2.45, 2.75) is 32.4 Å². The summed E-state index contributed by atoms with van der Waals surface area (Å²) >= 11 is 0. The number of hydrogen-bond donors (Lipinski definition) is 1. The van der Waals surface area contributed by atoms with Crippen molar-refractivity contribution in [2.24, 2.45) is 5.92 Å². The maximum Gasteiger partial charge on any atom is 0.119 e. The summed E-state index contributed by atoms with van der Waals surface area (Å²) in [5.74, 6) is 1.47. The minimum atomic E-state index is 0.539. The zero-order chi connectivity index (χ0) is 12.8. The molecule has 2 rings (SSSR count). The third-order valence-electron chi connectivity index (χ3n) is 3.08. The lowest BCUT2D eigenvalue weighted by Crippen LogP contribution is -2.26. The molecule has 0 aromatic heterocycles. The summed E-state index contributed by atoms with van der Waals surface area (Å²) in [5.41, 5.74) is 1.15. The van der Waals surface area contributed by atoms with Crippen LogP contribution in [0.5, 0.6) is 5.75 Å². The molecule has 1 aromatic rings. The molecule has 1 aliphatic rings. The molecule has 0 amide bonds. The second-order valence-electron chi connectivity index (χ2n) is 5.18. The SMILES string of the molecule is COCc1cccc(OCC(C)CNC2CC2)c1. The highest BCUT2D eigenvalue weighted by molar-refractivity contribution is 5.28.